The third-order valence-electron chi connectivity index (χ3n) is 2.34. The molecular formula is C12H14FN3S. The summed E-state index contributed by atoms with van der Waals surface area (Å²) in [7, 11) is 0. The number of rotatable bonds is 4. The topological polar surface area (TPSA) is 41.6 Å². The molecule has 0 aliphatic carbocycles. The number of aromatic nitrogens is 3. The van der Waals surface area contributed by atoms with E-state index in [1.807, 2.05) is 19.9 Å². The van der Waals surface area contributed by atoms with Crippen molar-refractivity contribution in [2.24, 2.45) is 0 Å². The van der Waals surface area contributed by atoms with Crippen molar-refractivity contribution in [3.8, 4) is 0 Å². The first-order chi connectivity index (χ1) is 8.16. The SMILES string of the molecule is CC(C)c1nc(SCc2ccccc2F)n[nH]1. The van der Waals surface area contributed by atoms with Crippen LogP contribution in [0.2, 0.25) is 0 Å². The molecule has 0 atom stereocenters. The van der Waals surface area contributed by atoms with E-state index in [1.165, 1.54) is 17.8 Å². The first-order valence-corrected chi connectivity index (χ1v) is 6.44. The van der Waals surface area contributed by atoms with Gasteiger partial charge in [-0.25, -0.2) is 9.37 Å². The molecule has 0 bridgehead atoms. The zero-order chi connectivity index (χ0) is 12.3. The van der Waals surface area contributed by atoms with Gasteiger partial charge in [-0.15, -0.1) is 5.10 Å². The van der Waals surface area contributed by atoms with E-state index in [0.717, 1.165) is 5.82 Å². The third kappa shape index (κ3) is 3.06. The van der Waals surface area contributed by atoms with E-state index in [4.69, 9.17) is 0 Å². The fraction of sp³-hybridized carbons (Fsp3) is 0.333. The van der Waals surface area contributed by atoms with E-state index in [0.29, 0.717) is 22.4 Å². The molecule has 5 heteroatoms. The van der Waals surface area contributed by atoms with Crippen LogP contribution in [0.4, 0.5) is 4.39 Å². The number of H-pyrrole nitrogens is 1. The Morgan fingerprint density at radius 3 is 2.76 bits per heavy atom. The first kappa shape index (κ1) is 12.1. The summed E-state index contributed by atoms with van der Waals surface area (Å²) in [5.41, 5.74) is 0.674. The molecular weight excluding hydrogens is 237 g/mol. The van der Waals surface area contributed by atoms with Crippen molar-refractivity contribution in [1.29, 1.82) is 0 Å². The van der Waals surface area contributed by atoms with Crippen LogP contribution in [-0.2, 0) is 5.75 Å². The lowest BCUT2D eigenvalue weighted by Gasteiger charge is -1.99. The summed E-state index contributed by atoms with van der Waals surface area (Å²) in [5.74, 6) is 1.55. The Labute approximate surface area is 104 Å². The van der Waals surface area contributed by atoms with Crippen LogP contribution in [0.25, 0.3) is 0 Å². The highest BCUT2D eigenvalue weighted by Crippen LogP contribution is 2.21. The molecule has 2 rings (SSSR count). The Morgan fingerprint density at radius 1 is 1.35 bits per heavy atom. The molecule has 0 saturated heterocycles. The van der Waals surface area contributed by atoms with E-state index in [2.05, 4.69) is 15.2 Å². The molecule has 1 heterocycles. The molecule has 0 fully saturated rings. The Morgan fingerprint density at radius 2 is 2.12 bits per heavy atom. The van der Waals surface area contributed by atoms with Crippen molar-refractivity contribution in [1.82, 2.24) is 15.2 Å². The average molecular weight is 251 g/mol. The second-order valence-corrected chi connectivity index (χ2v) is 4.98. The maximum absolute atomic E-state index is 13.4. The van der Waals surface area contributed by atoms with Gasteiger partial charge >= 0.3 is 0 Å². The summed E-state index contributed by atoms with van der Waals surface area (Å²) in [5, 5.41) is 7.63. The smallest absolute Gasteiger partial charge is 0.208 e. The first-order valence-electron chi connectivity index (χ1n) is 5.45. The van der Waals surface area contributed by atoms with Gasteiger partial charge in [0.25, 0.3) is 0 Å². The summed E-state index contributed by atoms with van der Waals surface area (Å²) in [6, 6.07) is 6.76. The summed E-state index contributed by atoms with van der Waals surface area (Å²) < 4.78 is 13.4. The van der Waals surface area contributed by atoms with Gasteiger partial charge in [-0.2, -0.15) is 0 Å². The molecule has 0 spiro atoms. The fourth-order valence-corrected chi connectivity index (χ4v) is 2.13. The number of nitrogens with zero attached hydrogens (tertiary/aromatic N) is 2. The molecule has 0 saturated carbocycles. The van der Waals surface area contributed by atoms with Crippen molar-refractivity contribution in [2.75, 3.05) is 0 Å². The Hall–Kier alpha value is -1.36. The molecule has 2 aromatic rings. The van der Waals surface area contributed by atoms with Crippen LogP contribution in [0.1, 0.15) is 31.2 Å². The van der Waals surface area contributed by atoms with Gasteiger partial charge in [0, 0.05) is 11.7 Å². The maximum Gasteiger partial charge on any atom is 0.208 e. The number of hydrogen-bond donors (Lipinski definition) is 1. The van der Waals surface area contributed by atoms with Gasteiger partial charge in [-0.05, 0) is 11.6 Å². The predicted molar refractivity (Wildman–Crippen MR) is 66.4 cm³/mol. The van der Waals surface area contributed by atoms with Gasteiger partial charge in [0.15, 0.2) is 0 Å². The van der Waals surface area contributed by atoms with Crippen LogP contribution in [-0.4, -0.2) is 15.2 Å². The lowest BCUT2D eigenvalue weighted by molar-refractivity contribution is 0.617. The Balaban J connectivity index is 2.00. The zero-order valence-electron chi connectivity index (χ0n) is 9.77. The van der Waals surface area contributed by atoms with Crippen molar-refractivity contribution in [3.63, 3.8) is 0 Å². The maximum atomic E-state index is 13.4. The predicted octanol–water partition coefficient (Wildman–Crippen LogP) is 3.36. The fourth-order valence-electron chi connectivity index (χ4n) is 1.34. The second kappa shape index (κ2) is 5.31. The molecule has 1 aromatic carbocycles. The number of benzene rings is 1. The highest BCUT2D eigenvalue weighted by Gasteiger charge is 2.08. The average Bonchev–Trinajstić information content (AvgIpc) is 2.77. The highest BCUT2D eigenvalue weighted by molar-refractivity contribution is 7.98. The van der Waals surface area contributed by atoms with E-state index >= 15 is 0 Å². The van der Waals surface area contributed by atoms with Crippen LogP contribution < -0.4 is 0 Å². The van der Waals surface area contributed by atoms with Gasteiger partial charge in [-0.1, -0.05) is 43.8 Å². The molecule has 0 unspecified atom stereocenters. The van der Waals surface area contributed by atoms with Crippen molar-refractivity contribution >= 4 is 11.8 Å². The van der Waals surface area contributed by atoms with Crippen LogP contribution >= 0.6 is 11.8 Å². The number of aromatic amines is 1. The van der Waals surface area contributed by atoms with Crippen LogP contribution in [0.15, 0.2) is 29.4 Å². The molecule has 0 aliphatic heterocycles. The quantitative estimate of drug-likeness (QED) is 0.847. The summed E-state index contributed by atoms with van der Waals surface area (Å²) >= 11 is 1.43. The van der Waals surface area contributed by atoms with Crippen LogP contribution in [0.5, 0.6) is 0 Å². The number of halogens is 1. The van der Waals surface area contributed by atoms with Crippen molar-refractivity contribution < 1.29 is 4.39 Å². The molecule has 1 aromatic heterocycles. The van der Waals surface area contributed by atoms with Gasteiger partial charge in [0.2, 0.25) is 5.16 Å². The minimum absolute atomic E-state index is 0.181. The molecule has 0 radical (unpaired) electrons. The van der Waals surface area contributed by atoms with E-state index in [9.17, 15) is 4.39 Å². The Kier molecular flexibility index (Phi) is 3.78. The van der Waals surface area contributed by atoms with Gasteiger partial charge in [-0.3, -0.25) is 5.10 Å². The summed E-state index contributed by atoms with van der Waals surface area (Å²) in [4.78, 5) is 4.33. The van der Waals surface area contributed by atoms with Crippen molar-refractivity contribution in [2.45, 2.75) is 30.7 Å². The van der Waals surface area contributed by atoms with Crippen molar-refractivity contribution in [3.05, 3.63) is 41.5 Å². The van der Waals surface area contributed by atoms with E-state index in [1.54, 1.807) is 12.1 Å². The zero-order valence-corrected chi connectivity index (χ0v) is 10.6. The Bertz CT molecular complexity index is 496. The molecule has 17 heavy (non-hydrogen) atoms. The highest BCUT2D eigenvalue weighted by atomic mass is 32.2. The number of nitrogens with one attached hydrogen (secondary N) is 1. The van der Waals surface area contributed by atoms with Crippen LogP contribution in [0, 0.1) is 5.82 Å². The van der Waals surface area contributed by atoms with Gasteiger partial charge < -0.3 is 0 Å². The van der Waals surface area contributed by atoms with Gasteiger partial charge in [0.1, 0.15) is 11.6 Å². The molecule has 0 aliphatic rings. The number of hydrogen-bond acceptors (Lipinski definition) is 3. The molecule has 1 N–H and O–H groups in total. The largest absolute Gasteiger partial charge is 0.262 e. The summed E-state index contributed by atoms with van der Waals surface area (Å²) in [6.45, 7) is 4.09. The molecule has 3 nitrogen and oxygen atoms in total. The standard InChI is InChI=1S/C12H14FN3S/c1-8(2)11-14-12(16-15-11)17-7-9-5-3-4-6-10(9)13/h3-6,8H,7H2,1-2H3,(H,14,15,16). The normalized spacial score (nSPS) is 11.1. The number of thioether (sulfide) groups is 1. The second-order valence-electron chi connectivity index (χ2n) is 4.04. The minimum Gasteiger partial charge on any atom is -0.262 e. The summed E-state index contributed by atoms with van der Waals surface area (Å²) in [6.07, 6.45) is 0. The van der Waals surface area contributed by atoms with E-state index in [-0.39, 0.29) is 5.82 Å². The monoisotopic (exact) mass is 251 g/mol. The van der Waals surface area contributed by atoms with Crippen LogP contribution in [0.3, 0.4) is 0 Å². The third-order valence-corrected chi connectivity index (χ3v) is 3.24. The van der Waals surface area contributed by atoms with E-state index < -0.39 is 0 Å². The minimum atomic E-state index is -0.181. The lowest BCUT2D eigenvalue weighted by atomic mass is 10.2. The lowest BCUT2D eigenvalue weighted by Crippen LogP contribution is -1.89. The molecule has 0 amide bonds. The van der Waals surface area contributed by atoms with Gasteiger partial charge in [0.05, 0.1) is 0 Å². The molecule has 90 valence electrons.